The molecule has 0 saturated heterocycles. The number of azide groups is 1. The molecule has 0 amide bonds. The molecule has 0 bridgehead atoms. The summed E-state index contributed by atoms with van der Waals surface area (Å²) < 4.78 is 6.59. The first-order valence-electron chi connectivity index (χ1n) is 2.63. The molecule has 40 valence electrons. The van der Waals surface area contributed by atoms with E-state index in [2.05, 4.69) is 15.3 Å². The highest BCUT2D eigenvalue weighted by atomic mass is 15.1. The molecular formula is C3H8N4. The molecule has 1 N–H and O–H groups in total. The summed E-state index contributed by atoms with van der Waals surface area (Å²) in [6.07, 6.45) is 0. The van der Waals surface area contributed by atoms with Crippen LogP contribution >= 0.6 is 0 Å². The lowest BCUT2D eigenvalue weighted by molar-refractivity contribution is 0.798. The Morgan fingerprint density at radius 1 is 2.14 bits per heavy atom. The van der Waals surface area contributed by atoms with Crippen LogP contribution in [0.25, 0.3) is 10.4 Å². The van der Waals surface area contributed by atoms with Gasteiger partial charge in [0.1, 0.15) is 0 Å². The zero-order valence-electron chi connectivity index (χ0n) is 4.96. The van der Waals surface area contributed by atoms with Crippen molar-refractivity contribution in [3.05, 3.63) is 10.4 Å². The molecule has 4 nitrogen and oxygen atoms in total. The third kappa shape index (κ3) is 5.27. The molecule has 0 aliphatic rings. The number of nitrogens with one attached hydrogen (secondary N) is 1. The van der Waals surface area contributed by atoms with Crippen molar-refractivity contribution in [1.82, 2.24) is 5.32 Å². The van der Waals surface area contributed by atoms with Crippen LogP contribution < -0.4 is 5.32 Å². The van der Waals surface area contributed by atoms with Crippen molar-refractivity contribution in [2.75, 3.05) is 20.1 Å². The zero-order chi connectivity index (χ0) is 6.24. The first-order chi connectivity index (χ1) is 3.91. The third-order valence-corrected chi connectivity index (χ3v) is 0.452. The second-order valence-corrected chi connectivity index (χ2v) is 0.954. The van der Waals surface area contributed by atoms with Gasteiger partial charge in [0.2, 0.25) is 0 Å². The van der Waals surface area contributed by atoms with Crippen molar-refractivity contribution in [2.45, 2.75) is 0 Å². The van der Waals surface area contributed by atoms with E-state index in [1.807, 2.05) is 0 Å². The normalized spacial score (nSPS) is 9.43. The van der Waals surface area contributed by atoms with E-state index >= 15 is 0 Å². The second kappa shape index (κ2) is 5.27. The Morgan fingerprint density at radius 3 is 3.57 bits per heavy atom. The molecule has 0 aromatic carbocycles. The summed E-state index contributed by atoms with van der Waals surface area (Å²) in [5.41, 5.74) is 7.75. The summed E-state index contributed by atoms with van der Waals surface area (Å²) in [7, 11) is 0.181. The van der Waals surface area contributed by atoms with Crippen LogP contribution in [0, 0.1) is 0 Å². The second-order valence-electron chi connectivity index (χ2n) is 0.954. The van der Waals surface area contributed by atoms with E-state index in [4.69, 9.17) is 6.90 Å². The molecule has 0 aliphatic carbocycles. The van der Waals surface area contributed by atoms with Crippen LogP contribution in [0.1, 0.15) is 1.37 Å². The van der Waals surface area contributed by atoms with E-state index < -0.39 is 0 Å². The summed E-state index contributed by atoms with van der Waals surface area (Å²) in [5, 5.41) is 5.93. The fourth-order valence-corrected chi connectivity index (χ4v) is 0.174. The number of rotatable bonds is 3. The van der Waals surface area contributed by atoms with Crippen molar-refractivity contribution in [3.8, 4) is 0 Å². The monoisotopic (exact) mass is 102 g/mol. The van der Waals surface area contributed by atoms with E-state index in [1.54, 1.807) is 0 Å². The van der Waals surface area contributed by atoms with E-state index in [1.165, 1.54) is 0 Å². The lowest BCUT2D eigenvalue weighted by atomic mass is 10.7. The van der Waals surface area contributed by atoms with Crippen molar-refractivity contribution in [2.24, 2.45) is 5.11 Å². The quantitative estimate of drug-likeness (QED) is 0.240. The fourth-order valence-electron chi connectivity index (χ4n) is 0.174. The molecule has 0 radical (unpaired) electrons. The molecule has 7 heavy (non-hydrogen) atoms. The van der Waals surface area contributed by atoms with Gasteiger partial charge < -0.3 is 5.32 Å². The Bertz CT molecular complexity index is 87.3. The van der Waals surface area contributed by atoms with Gasteiger partial charge in [-0.3, -0.25) is 0 Å². The van der Waals surface area contributed by atoms with Gasteiger partial charge in [-0.05, 0) is 12.6 Å². The van der Waals surface area contributed by atoms with E-state index in [0.29, 0.717) is 13.1 Å². The summed E-state index contributed by atoms with van der Waals surface area (Å²) in [5.74, 6) is 0. The fraction of sp³-hybridized carbons (Fsp3) is 1.00. The maximum Gasteiger partial charge on any atom is 0.0391 e. The maximum absolute atomic E-state index is 7.75. The smallest absolute Gasteiger partial charge is 0.0391 e. The molecule has 0 spiro atoms. The first-order valence-corrected chi connectivity index (χ1v) is 1.92. The lowest BCUT2D eigenvalue weighted by Gasteiger charge is -1.85. The number of hydrogen-bond acceptors (Lipinski definition) is 2. The first kappa shape index (κ1) is 4.43. The van der Waals surface area contributed by atoms with Gasteiger partial charge in [-0.2, -0.15) is 0 Å². The van der Waals surface area contributed by atoms with Gasteiger partial charge in [0.25, 0.3) is 0 Å². The van der Waals surface area contributed by atoms with Crippen LogP contribution in [0.4, 0.5) is 0 Å². The average molecular weight is 102 g/mol. The van der Waals surface area contributed by atoms with Gasteiger partial charge in [-0.25, -0.2) is 0 Å². The summed E-state index contributed by atoms with van der Waals surface area (Å²) in [4.78, 5) is 2.53. The zero-order valence-corrected chi connectivity index (χ0v) is 3.96. The highest BCUT2D eigenvalue weighted by Crippen LogP contribution is 1.64. The van der Waals surface area contributed by atoms with Crippen LogP contribution in [0.2, 0.25) is 0 Å². The standard InChI is InChI=1S/C3H8N4/c1-5-2-3-6-7-4/h5H,2-3H2,1H3/i1T. The molecule has 0 aromatic heterocycles. The predicted octanol–water partition coefficient (Wildman–Crippen LogP) is 0.516. The molecule has 0 heterocycles. The molecule has 0 aliphatic heterocycles. The summed E-state index contributed by atoms with van der Waals surface area (Å²) in [6, 6.07) is 0. The maximum atomic E-state index is 7.75. The molecule has 0 rings (SSSR count). The molecule has 0 atom stereocenters. The van der Waals surface area contributed by atoms with Crippen molar-refractivity contribution >= 4 is 0 Å². The minimum atomic E-state index is 0.181. The Hall–Kier alpha value is -0.730. The average Bonchev–Trinajstić information content (AvgIpc) is 1.81. The van der Waals surface area contributed by atoms with Gasteiger partial charge >= 0.3 is 0 Å². The topological polar surface area (TPSA) is 60.8 Å². The Balaban J connectivity index is 2.82. The van der Waals surface area contributed by atoms with E-state index in [-0.39, 0.29) is 7.02 Å². The molecule has 0 unspecified atom stereocenters. The SMILES string of the molecule is [3H]CNCCN=[N+]=[N-]. The largest absolute Gasteiger partial charge is 0.320 e. The molecule has 4 heteroatoms. The molecule has 0 fully saturated rings. The van der Waals surface area contributed by atoms with Crippen molar-refractivity contribution < 1.29 is 1.37 Å². The summed E-state index contributed by atoms with van der Waals surface area (Å²) >= 11 is 0. The Kier molecular flexibility index (Phi) is 3.33. The van der Waals surface area contributed by atoms with Crippen LogP contribution in [-0.2, 0) is 0 Å². The predicted molar refractivity (Wildman–Crippen MR) is 27.9 cm³/mol. The minimum absolute atomic E-state index is 0.181. The highest BCUT2D eigenvalue weighted by Gasteiger charge is 1.71. The van der Waals surface area contributed by atoms with Crippen molar-refractivity contribution in [1.29, 1.82) is 0 Å². The van der Waals surface area contributed by atoms with Gasteiger partial charge in [-0.15, -0.1) is 0 Å². The van der Waals surface area contributed by atoms with Gasteiger partial charge in [-0.1, -0.05) is 5.11 Å². The van der Waals surface area contributed by atoms with E-state index in [9.17, 15) is 0 Å². The van der Waals surface area contributed by atoms with Crippen LogP contribution in [0.15, 0.2) is 5.11 Å². The number of hydrogen-bond donors (Lipinski definition) is 1. The third-order valence-electron chi connectivity index (χ3n) is 0.452. The highest BCUT2D eigenvalue weighted by molar-refractivity contribution is 4.46. The van der Waals surface area contributed by atoms with Crippen molar-refractivity contribution in [3.63, 3.8) is 0 Å². The van der Waals surface area contributed by atoms with Crippen LogP contribution in [0.5, 0.6) is 0 Å². The molecular weight excluding hydrogens is 92.1 g/mol. The number of nitrogens with zero attached hydrogens (tertiary/aromatic N) is 3. The minimum Gasteiger partial charge on any atom is -0.320 e. The summed E-state index contributed by atoms with van der Waals surface area (Å²) in [6.45, 7) is 1.02. The van der Waals surface area contributed by atoms with Gasteiger partial charge in [0.15, 0.2) is 0 Å². The Morgan fingerprint density at radius 2 is 3.00 bits per heavy atom. The lowest BCUT2D eigenvalue weighted by Crippen LogP contribution is -2.09. The number of likely N-dealkylation sites (N-methyl/N-ethyl adjacent to an activating group) is 1. The molecule has 0 saturated carbocycles. The van der Waals surface area contributed by atoms with Crippen LogP contribution in [-0.4, -0.2) is 20.1 Å². The van der Waals surface area contributed by atoms with E-state index in [0.717, 1.165) is 0 Å². The Labute approximate surface area is 43.6 Å². The van der Waals surface area contributed by atoms with Gasteiger partial charge in [0, 0.05) is 19.4 Å². The van der Waals surface area contributed by atoms with Crippen LogP contribution in [0.3, 0.4) is 0 Å². The van der Waals surface area contributed by atoms with Gasteiger partial charge in [0.05, 0.1) is 0 Å². The molecule has 0 aromatic rings.